The van der Waals surface area contributed by atoms with E-state index in [2.05, 4.69) is 20.9 Å². The molecule has 9 heteroatoms. The van der Waals surface area contributed by atoms with Crippen LogP contribution in [0.15, 0.2) is 48.5 Å². The van der Waals surface area contributed by atoms with E-state index in [0.29, 0.717) is 24.9 Å². The van der Waals surface area contributed by atoms with Gasteiger partial charge in [-0.3, -0.25) is 14.4 Å². The Balaban J connectivity index is 1.31. The Morgan fingerprint density at radius 2 is 1.58 bits per heavy atom. The predicted octanol–water partition coefficient (Wildman–Crippen LogP) is 4.32. The molecular formula is C36H51N5O4. The molecule has 0 bridgehead atoms. The van der Waals surface area contributed by atoms with Gasteiger partial charge in [0, 0.05) is 55.6 Å². The summed E-state index contributed by atoms with van der Waals surface area (Å²) in [5.41, 5.74) is 3.18. The minimum atomic E-state index is -0.937. The molecule has 2 heterocycles. The van der Waals surface area contributed by atoms with Crippen molar-refractivity contribution in [1.29, 1.82) is 0 Å². The summed E-state index contributed by atoms with van der Waals surface area (Å²) in [6, 6.07) is 14.7. The van der Waals surface area contributed by atoms with Crippen LogP contribution in [0.3, 0.4) is 0 Å². The van der Waals surface area contributed by atoms with Crippen LogP contribution in [0.4, 0.5) is 11.4 Å². The molecule has 0 unspecified atom stereocenters. The van der Waals surface area contributed by atoms with Crippen molar-refractivity contribution in [2.24, 2.45) is 0 Å². The first-order valence-corrected chi connectivity index (χ1v) is 17.1. The fraction of sp³-hybridized carbons (Fsp3) is 0.583. The van der Waals surface area contributed by atoms with Crippen molar-refractivity contribution in [2.75, 3.05) is 36.0 Å². The number of hydrogen-bond acceptors (Lipinski definition) is 6. The van der Waals surface area contributed by atoms with Crippen LogP contribution in [0.1, 0.15) is 93.5 Å². The Labute approximate surface area is 268 Å². The molecule has 2 aromatic rings. The van der Waals surface area contributed by atoms with Crippen molar-refractivity contribution in [3.8, 4) is 0 Å². The Kier molecular flexibility index (Phi) is 11.9. The summed E-state index contributed by atoms with van der Waals surface area (Å²) >= 11 is 0. The monoisotopic (exact) mass is 617 g/mol. The highest BCUT2D eigenvalue weighted by atomic mass is 16.3. The number of nitrogens with one attached hydrogen (secondary N) is 3. The van der Waals surface area contributed by atoms with E-state index in [1.54, 1.807) is 0 Å². The van der Waals surface area contributed by atoms with Crippen LogP contribution < -0.4 is 25.8 Å². The highest BCUT2D eigenvalue weighted by Crippen LogP contribution is 2.30. The van der Waals surface area contributed by atoms with Gasteiger partial charge in [-0.2, -0.15) is 0 Å². The topological polar surface area (TPSA) is 114 Å². The van der Waals surface area contributed by atoms with Gasteiger partial charge in [0.15, 0.2) is 0 Å². The number of hydrogen-bond donors (Lipinski definition) is 4. The third-order valence-electron chi connectivity index (χ3n) is 9.58. The van der Waals surface area contributed by atoms with Crippen LogP contribution in [0.2, 0.25) is 0 Å². The number of aliphatic hydroxyl groups is 1. The summed E-state index contributed by atoms with van der Waals surface area (Å²) < 4.78 is 0. The summed E-state index contributed by atoms with van der Waals surface area (Å²) in [4.78, 5) is 43.8. The summed E-state index contributed by atoms with van der Waals surface area (Å²) in [6.45, 7) is 4.46. The second-order valence-corrected chi connectivity index (χ2v) is 13.1. The largest absolute Gasteiger partial charge is 0.390 e. The molecule has 3 atom stereocenters. The fourth-order valence-corrected chi connectivity index (χ4v) is 6.80. The molecule has 45 heavy (non-hydrogen) atoms. The molecule has 0 radical (unpaired) electrons. The SMILES string of the molecule is C[C@H](NC[C@H](O)[C@H](Cc1ccccc1)NC(=O)c1cc(N2CCCCC2)cc(N2CCCCC2=O)c1)C(=O)NC1CCCCC1. The summed E-state index contributed by atoms with van der Waals surface area (Å²) in [5.74, 6) is -0.261. The molecule has 244 valence electrons. The van der Waals surface area contributed by atoms with Gasteiger partial charge < -0.3 is 30.9 Å². The number of aliphatic hydroxyl groups excluding tert-OH is 1. The molecule has 1 aliphatic carbocycles. The normalized spacial score (nSPS) is 19.9. The van der Waals surface area contributed by atoms with Crippen molar-refractivity contribution < 1.29 is 19.5 Å². The van der Waals surface area contributed by atoms with E-state index in [0.717, 1.165) is 81.4 Å². The number of piperidine rings is 2. The molecule has 2 aromatic carbocycles. The first-order valence-electron chi connectivity index (χ1n) is 17.1. The lowest BCUT2D eigenvalue weighted by Gasteiger charge is -2.32. The fourth-order valence-electron chi connectivity index (χ4n) is 6.80. The van der Waals surface area contributed by atoms with Crippen molar-refractivity contribution >= 4 is 29.1 Å². The summed E-state index contributed by atoms with van der Waals surface area (Å²) in [6.07, 6.45) is 10.8. The van der Waals surface area contributed by atoms with E-state index in [-0.39, 0.29) is 30.3 Å². The van der Waals surface area contributed by atoms with Crippen LogP contribution in [0.5, 0.6) is 0 Å². The lowest BCUT2D eigenvalue weighted by atomic mass is 9.95. The summed E-state index contributed by atoms with van der Waals surface area (Å²) in [5, 5.41) is 20.9. The van der Waals surface area contributed by atoms with Crippen molar-refractivity contribution in [2.45, 2.75) is 108 Å². The first kappa shape index (κ1) is 32.9. The molecule has 9 nitrogen and oxygen atoms in total. The third kappa shape index (κ3) is 9.30. The van der Waals surface area contributed by atoms with E-state index in [1.165, 1.54) is 12.8 Å². The van der Waals surface area contributed by atoms with E-state index < -0.39 is 18.2 Å². The first-order chi connectivity index (χ1) is 21.9. The Hall–Kier alpha value is -3.43. The molecule has 1 saturated carbocycles. The third-order valence-corrected chi connectivity index (χ3v) is 9.58. The highest BCUT2D eigenvalue weighted by molar-refractivity contribution is 6.00. The van der Waals surface area contributed by atoms with Gasteiger partial charge in [0.25, 0.3) is 5.91 Å². The average Bonchev–Trinajstić information content (AvgIpc) is 3.08. The zero-order valence-corrected chi connectivity index (χ0v) is 26.8. The Bertz CT molecular complexity index is 1280. The number of anilines is 2. The lowest BCUT2D eigenvalue weighted by Crippen LogP contribution is -2.53. The molecule has 0 spiro atoms. The van der Waals surface area contributed by atoms with Crippen LogP contribution >= 0.6 is 0 Å². The van der Waals surface area contributed by atoms with Gasteiger partial charge in [-0.25, -0.2) is 0 Å². The van der Waals surface area contributed by atoms with E-state index in [4.69, 9.17) is 0 Å². The van der Waals surface area contributed by atoms with Gasteiger partial charge in [0.05, 0.1) is 18.2 Å². The molecular weight excluding hydrogens is 566 g/mol. The number of benzene rings is 2. The van der Waals surface area contributed by atoms with Crippen LogP contribution in [-0.2, 0) is 16.0 Å². The van der Waals surface area contributed by atoms with Gasteiger partial charge in [-0.1, -0.05) is 49.6 Å². The molecule has 2 saturated heterocycles. The van der Waals surface area contributed by atoms with Gasteiger partial charge >= 0.3 is 0 Å². The molecule has 5 rings (SSSR count). The average molecular weight is 618 g/mol. The van der Waals surface area contributed by atoms with Crippen LogP contribution in [0.25, 0.3) is 0 Å². The maximum atomic E-state index is 13.9. The maximum Gasteiger partial charge on any atom is 0.251 e. The van der Waals surface area contributed by atoms with Crippen molar-refractivity contribution in [1.82, 2.24) is 16.0 Å². The molecule has 0 aromatic heterocycles. The van der Waals surface area contributed by atoms with E-state index in [1.807, 2.05) is 60.4 Å². The molecule has 2 aliphatic heterocycles. The molecule has 3 fully saturated rings. The smallest absolute Gasteiger partial charge is 0.251 e. The van der Waals surface area contributed by atoms with Gasteiger partial charge in [-0.15, -0.1) is 0 Å². The summed E-state index contributed by atoms with van der Waals surface area (Å²) in [7, 11) is 0. The number of carbonyl (C=O) groups excluding carboxylic acids is 3. The Morgan fingerprint density at radius 1 is 0.889 bits per heavy atom. The molecule has 4 N–H and O–H groups in total. The van der Waals surface area contributed by atoms with E-state index in [9.17, 15) is 19.5 Å². The minimum absolute atomic E-state index is 0.0629. The van der Waals surface area contributed by atoms with E-state index >= 15 is 0 Å². The van der Waals surface area contributed by atoms with Gasteiger partial charge in [0.2, 0.25) is 11.8 Å². The molecule has 3 aliphatic rings. The van der Waals surface area contributed by atoms with Gasteiger partial charge in [-0.05, 0) is 82.1 Å². The number of carbonyl (C=O) groups is 3. The van der Waals surface area contributed by atoms with Crippen molar-refractivity contribution in [3.05, 3.63) is 59.7 Å². The quantitative estimate of drug-likeness (QED) is 0.282. The predicted molar refractivity (Wildman–Crippen MR) is 179 cm³/mol. The van der Waals surface area contributed by atoms with Crippen LogP contribution in [0, 0.1) is 0 Å². The Morgan fingerprint density at radius 3 is 2.31 bits per heavy atom. The second-order valence-electron chi connectivity index (χ2n) is 13.1. The lowest BCUT2D eigenvalue weighted by molar-refractivity contribution is -0.123. The van der Waals surface area contributed by atoms with Crippen LogP contribution in [-0.4, -0.2) is 73.2 Å². The van der Waals surface area contributed by atoms with Gasteiger partial charge in [0.1, 0.15) is 0 Å². The number of nitrogens with zero attached hydrogens (tertiary/aromatic N) is 2. The highest BCUT2D eigenvalue weighted by Gasteiger charge is 2.27. The minimum Gasteiger partial charge on any atom is -0.390 e. The standard InChI is InChI=1S/C36H51N5O4/c1-26(35(44)38-29-15-7-3-8-16-29)37-25-33(42)32(21-27-13-5-2-6-14-27)39-36(45)28-22-30(40-18-10-4-11-19-40)24-31(23-28)41-20-12-9-17-34(41)43/h2,5-6,13-14,22-24,26,29,32-33,37,42H,3-4,7-12,15-21,25H2,1H3,(H,38,44)(H,39,45)/t26-,32-,33-/m0/s1. The second kappa shape index (κ2) is 16.2. The number of amides is 3. The number of rotatable bonds is 12. The maximum absolute atomic E-state index is 13.9. The zero-order valence-electron chi connectivity index (χ0n) is 26.8. The van der Waals surface area contributed by atoms with Crippen molar-refractivity contribution in [3.63, 3.8) is 0 Å². The molecule has 3 amide bonds. The zero-order chi connectivity index (χ0) is 31.6.